The molecule has 0 saturated carbocycles. The third kappa shape index (κ3) is 4.61. The van der Waals surface area contributed by atoms with E-state index in [0.717, 1.165) is 0 Å². The summed E-state index contributed by atoms with van der Waals surface area (Å²) in [5.41, 5.74) is 2.93. The van der Waals surface area contributed by atoms with E-state index in [1.807, 2.05) is 42.2 Å². The normalized spacial score (nSPS) is 10.9. The van der Waals surface area contributed by atoms with Crippen molar-refractivity contribution in [3.8, 4) is 0 Å². The van der Waals surface area contributed by atoms with Gasteiger partial charge >= 0.3 is 0 Å². The molecule has 0 fully saturated rings. The number of carbonyl (C=O) groups excluding carboxylic acids is 1. The molecular weight excluding hydrogens is 338 g/mol. The predicted molar refractivity (Wildman–Crippen MR) is 108 cm³/mol. The molecule has 1 heterocycles. The lowest BCUT2D eigenvalue weighted by Gasteiger charge is -2.22. The molecule has 27 heavy (non-hydrogen) atoms. The van der Waals surface area contributed by atoms with Gasteiger partial charge in [-0.3, -0.25) is 9.59 Å². The van der Waals surface area contributed by atoms with E-state index in [9.17, 15) is 9.59 Å². The van der Waals surface area contributed by atoms with Gasteiger partial charge in [0.2, 0.25) is 5.91 Å². The van der Waals surface area contributed by atoms with Gasteiger partial charge in [-0.2, -0.15) is 0 Å². The fraction of sp³-hybridized carbons (Fsp3) is 0.318. The number of nitrogens with zero attached hydrogens (tertiary/aromatic N) is 2. The van der Waals surface area contributed by atoms with Crippen molar-refractivity contribution in [2.45, 2.75) is 39.7 Å². The number of para-hydroxylation sites is 1. The molecule has 3 rings (SSSR count). The summed E-state index contributed by atoms with van der Waals surface area (Å²) in [5.74, 6) is 0.761. The molecule has 1 N–H and O–H groups in total. The first-order valence-electron chi connectivity index (χ1n) is 9.38. The highest BCUT2D eigenvalue weighted by molar-refractivity contribution is 5.77. The van der Waals surface area contributed by atoms with Crippen LogP contribution >= 0.6 is 0 Å². The molecular formula is C22H25N3O2. The van der Waals surface area contributed by atoms with E-state index < -0.39 is 0 Å². The maximum absolute atomic E-state index is 12.6. The van der Waals surface area contributed by atoms with Gasteiger partial charge in [0, 0.05) is 25.9 Å². The molecule has 0 aliphatic rings. The zero-order chi connectivity index (χ0) is 19.2. The van der Waals surface area contributed by atoms with Gasteiger partial charge < -0.3 is 9.88 Å². The Bertz CT molecular complexity index is 994. The summed E-state index contributed by atoms with van der Waals surface area (Å²) < 4.78 is 0. The van der Waals surface area contributed by atoms with Gasteiger partial charge in [0.05, 0.1) is 10.9 Å². The maximum Gasteiger partial charge on any atom is 0.258 e. The fourth-order valence-electron chi connectivity index (χ4n) is 3.19. The SMILES string of the molecule is CCN(Cc1ccccc1C)C(=O)CCCc1nc2ccccc2c(=O)[nH]1. The largest absolute Gasteiger partial charge is 0.339 e. The Kier molecular flexibility index (Phi) is 6.01. The molecule has 2 aromatic carbocycles. The van der Waals surface area contributed by atoms with Crippen molar-refractivity contribution in [1.29, 1.82) is 0 Å². The van der Waals surface area contributed by atoms with Crippen LogP contribution in [0.25, 0.3) is 10.9 Å². The highest BCUT2D eigenvalue weighted by Gasteiger charge is 2.13. The third-order valence-corrected chi connectivity index (χ3v) is 4.82. The number of benzene rings is 2. The number of aromatic amines is 1. The Morgan fingerprint density at radius 2 is 1.85 bits per heavy atom. The van der Waals surface area contributed by atoms with Crippen LogP contribution in [0.1, 0.15) is 36.7 Å². The van der Waals surface area contributed by atoms with Crippen LogP contribution in [0.5, 0.6) is 0 Å². The molecule has 0 saturated heterocycles. The van der Waals surface area contributed by atoms with Crippen molar-refractivity contribution < 1.29 is 4.79 Å². The summed E-state index contributed by atoms with van der Waals surface area (Å²) in [6.07, 6.45) is 1.67. The third-order valence-electron chi connectivity index (χ3n) is 4.82. The Balaban J connectivity index is 1.60. The molecule has 1 amide bonds. The van der Waals surface area contributed by atoms with Crippen molar-refractivity contribution in [2.24, 2.45) is 0 Å². The first kappa shape index (κ1) is 18.8. The zero-order valence-corrected chi connectivity index (χ0v) is 15.9. The van der Waals surface area contributed by atoms with Gasteiger partial charge in [0.1, 0.15) is 5.82 Å². The summed E-state index contributed by atoms with van der Waals surface area (Å²) in [5, 5.41) is 0.590. The van der Waals surface area contributed by atoms with E-state index in [1.165, 1.54) is 11.1 Å². The first-order valence-corrected chi connectivity index (χ1v) is 9.38. The number of aryl methyl sites for hydroxylation is 2. The standard InChI is InChI=1S/C22H25N3O2/c1-3-25(15-17-10-5-4-9-16(17)2)21(26)14-8-13-20-23-19-12-7-6-11-18(19)22(27)24-20/h4-7,9-12H,3,8,13-15H2,1-2H3,(H,23,24,27). The minimum absolute atomic E-state index is 0.128. The Labute approximate surface area is 159 Å². The molecule has 5 heteroatoms. The minimum atomic E-state index is -0.128. The van der Waals surface area contributed by atoms with Gasteiger partial charge in [-0.05, 0) is 43.5 Å². The summed E-state index contributed by atoms with van der Waals surface area (Å²) in [7, 11) is 0. The van der Waals surface area contributed by atoms with E-state index >= 15 is 0 Å². The summed E-state index contributed by atoms with van der Waals surface area (Å²) in [6.45, 7) is 5.37. The zero-order valence-electron chi connectivity index (χ0n) is 15.9. The monoisotopic (exact) mass is 363 g/mol. The summed E-state index contributed by atoms with van der Waals surface area (Å²) in [6, 6.07) is 15.4. The van der Waals surface area contributed by atoms with Crippen LogP contribution < -0.4 is 5.56 Å². The second-order valence-electron chi connectivity index (χ2n) is 6.72. The molecule has 0 unspecified atom stereocenters. The van der Waals surface area contributed by atoms with Gasteiger partial charge in [-0.25, -0.2) is 4.98 Å². The van der Waals surface area contributed by atoms with E-state index in [4.69, 9.17) is 0 Å². The van der Waals surface area contributed by atoms with Crippen molar-refractivity contribution in [2.75, 3.05) is 6.54 Å². The van der Waals surface area contributed by atoms with Crippen molar-refractivity contribution in [3.63, 3.8) is 0 Å². The molecule has 0 aliphatic heterocycles. The summed E-state index contributed by atoms with van der Waals surface area (Å²) in [4.78, 5) is 33.9. The lowest BCUT2D eigenvalue weighted by Crippen LogP contribution is -2.30. The van der Waals surface area contributed by atoms with E-state index in [-0.39, 0.29) is 11.5 Å². The molecule has 0 bridgehead atoms. The lowest BCUT2D eigenvalue weighted by atomic mass is 10.1. The highest BCUT2D eigenvalue weighted by atomic mass is 16.2. The Hall–Kier alpha value is -2.95. The van der Waals surface area contributed by atoms with Crippen LogP contribution in [0.4, 0.5) is 0 Å². The number of carbonyl (C=O) groups is 1. The summed E-state index contributed by atoms with van der Waals surface area (Å²) >= 11 is 0. The molecule has 3 aromatic rings. The number of H-pyrrole nitrogens is 1. The van der Waals surface area contributed by atoms with Crippen LogP contribution in [0.3, 0.4) is 0 Å². The second-order valence-corrected chi connectivity index (χ2v) is 6.72. The molecule has 5 nitrogen and oxygen atoms in total. The van der Waals surface area contributed by atoms with E-state index in [1.54, 1.807) is 6.07 Å². The van der Waals surface area contributed by atoms with Crippen LogP contribution in [0, 0.1) is 6.92 Å². The van der Waals surface area contributed by atoms with E-state index in [2.05, 4.69) is 29.0 Å². The number of aromatic nitrogens is 2. The number of amides is 1. The smallest absolute Gasteiger partial charge is 0.258 e. The van der Waals surface area contributed by atoms with Gasteiger partial charge in [-0.1, -0.05) is 36.4 Å². The minimum Gasteiger partial charge on any atom is -0.339 e. The molecule has 1 aromatic heterocycles. The van der Waals surface area contributed by atoms with Crippen molar-refractivity contribution in [1.82, 2.24) is 14.9 Å². The molecule has 140 valence electrons. The number of nitrogens with one attached hydrogen (secondary N) is 1. The van der Waals surface area contributed by atoms with Gasteiger partial charge in [0.25, 0.3) is 5.56 Å². The van der Waals surface area contributed by atoms with Crippen LogP contribution in [0.15, 0.2) is 53.3 Å². The average Bonchev–Trinajstić information content (AvgIpc) is 2.67. The molecule has 0 atom stereocenters. The van der Waals surface area contributed by atoms with Gasteiger partial charge in [0.15, 0.2) is 0 Å². The van der Waals surface area contributed by atoms with Crippen LogP contribution in [-0.2, 0) is 17.8 Å². The van der Waals surface area contributed by atoms with E-state index in [0.29, 0.717) is 49.1 Å². The Morgan fingerprint density at radius 3 is 2.63 bits per heavy atom. The topological polar surface area (TPSA) is 66.1 Å². The molecule has 0 spiro atoms. The van der Waals surface area contributed by atoms with Crippen molar-refractivity contribution in [3.05, 3.63) is 75.8 Å². The van der Waals surface area contributed by atoms with Crippen molar-refractivity contribution >= 4 is 16.8 Å². The van der Waals surface area contributed by atoms with Crippen LogP contribution in [0.2, 0.25) is 0 Å². The van der Waals surface area contributed by atoms with Crippen LogP contribution in [-0.4, -0.2) is 27.3 Å². The number of hydrogen-bond donors (Lipinski definition) is 1. The number of hydrogen-bond acceptors (Lipinski definition) is 3. The fourth-order valence-corrected chi connectivity index (χ4v) is 3.19. The quantitative estimate of drug-likeness (QED) is 0.697. The Morgan fingerprint density at radius 1 is 1.11 bits per heavy atom. The first-order chi connectivity index (χ1) is 13.1. The number of rotatable bonds is 7. The van der Waals surface area contributed by atoms with Gasteiger partial charge in [-0.15, -0.1) is 0 Å². The number of fused-ring (bicyclic) bond motifs is 1. The molecule has 0 aliphatic carbocycles. The lowest BCUT2D eigenvalue weighted by molar-refractivity contribution is -0.131. The average molecular weight is 363 g/mol. The molecule has 0 radical (unpaired) electrons. The second kappa shape index (κ2) is 8.62. The maximum atomic E-state index is 12.6. The highest BCUT2D eigenvalue weighted by Crippen LogP contribution is 2.13. The predicted octanol–water partition coefficient (Wildman–Crippen LogP) is 3.60.